The summed E-state index contributed by atoms with van der Waals surface area (Å²) in [6, 6.07) is 1.94. The number of hydrogen-bond acceptors (Lipinski definition) is 3. The van der Waals surface area contributed by atoms with Gasteiger partial charge in [0.05, 0.1) is 16.9 Å². The molecule has 7 heteroatoms. The Labute approximate surface area is 96.3 Å². The Balaban J connectivity index is 2.41. The van der Waals surface area contributed by atoms with Crippen molar-refractivity contribution in [1.29, 1.82) is 0 Å². The molecule has 2 rings (SSSR count). The standard InChI is InChI=1S/C9H10ClFN4O/c1-4-13-9(16)15(14-4)8-3-7(12)5(10)2-6(8)11/h2-4,14H,12H2,1H3,(H,13,16). The number of rotatable bonds is 1. The second-order valence-electron chi connectivity index (χ2n) is 3.46. The normalized spacial score (nSPS) is 20.1. The van der Waals surface area contributed by atoms with Crippen LogP contribution in [-0.4, -0.2) is 12.2 Å². The van der Waals surface area contributed by atoms with Crippen LogP contribution in [0.5, 0.6) is 0 Å². The third kappa shape index (κ3) is 1.77. The minimum Gasteiger partial charge on any atom is -0.397 e. The summed E-state index contributed by atoms with van der Waals surface area (Å²) in [4.78, 5) is 11.4. The number of nitrogen functional groups attached to an aromatic ring is 1. The van der Waals surface area contributed by atoms with Crippen LogP contribution in [-0.2, 0) is 0 Å². The molecule has 5 nitrogen and oxygen atoms in total. The first kappa shape index (κ1) is 11.0. The summed E-state index contributed by atoms with van der Waals surface area (Å²) in [5.74, 6) is -0.615. The molecule has 0 aliphatic carbocycles. The third-order valence-electron chi connectivity index (χ3n) is 2.17. The number of hydrogen-bond donors (Lipinski definition) is 3. The van der Waals surface area contributed by atoms with Crippen molar-refractivity contribution in [3.05, 3.63) is 23.0 Å². The summed E-state index contributed by atoms with van der Waals surface area (Å²) < 4.78 is 13.6. The third-order valence-corrected chi connectivity index (χ3v) is 2.50. The van der Waals surface area contributed by atoms with Crippen molar-refractivity contribution in [2.45, 2.75) is 13.1 Å². The van der Waals surface area contributed by atoms with Gasteiger partial charge in [-0.15, -0.1) is 0 Å². The van der Waals surface area contributed by atoms with Crippen LogP contribution < -0.4 is 21.5 Å². The molecular formula is C9H10ClFN4O. The maximum atomic E-state index is 13.6. The number of carbonyl (C=O) groups is 1. The first-order chi connectivity index (χ1) is 7.49. The van der Waals surface area contributed by atoms with Crippen LogP contribution in [0.25, 0.3) is 0 Å². The van der Waals surface area contributed by atoms with Gasteiger partial charge >= 0.3 is 6.03 Å². The average Bonchev–Trinajstić information content (AvgIpc) is 2.51. The molecule has 16 heavy (non-hydrogen) atoms. The zero-order chi connectivity index (χ0) is 11.9. The SMILES string of the molecule is CC1NC(=O)N(c2cc(N)c(Cl)cc2F)N1. The lowest BCUT2D eigenvalue weighted by atomic mass is 10.2. The summed E-state index contributed by atoms with van der Waals surface area (Å²) in [5.41, 5.74) is 8.55. The highest BCUT2D eigenvalue weighted by Gasteiger charge is 2.28. The van der Waals surface area contributed by atoms with E-state index < -0.39 is 11.8 Å². The van der Waals surface area contributed by atoms with Gasteiger partial charge in [-0.2, -0.15) is 0 Å². The molecule has 1 atom stereocenters. The minimum absolute atomic E-state index is 0.0451. The molecule has 1 aromatic carbocycles. The predicted molar refractivity (Wildman–Crippen MR) is 59.4 cm³/mol. The lowest BCUT2D eigenvalue weighted by Crippen LogP contribution is -2.36. The van der Waals surface area contributed by atoms with Crippen LogP contribution in [0.3, 0.4) is 0 Å². The van der Waals surface area contributed by atoms with Crippen molar-refractivity contribution in [2.24, 2.45) is 0 Å². The van der Waals surface area contributed by atoms with Gasteiger partial charge < -0.3 is 11.1 Å². The molecule has 0 saturated carbocycles. The zero-order valence-corrected chi connectivity index (χ0v) is 9.18. The highest BCUT2D eigenvalue weighted by atomic mass is 35.5. The maximum Gasteiger partial charge on any atom is 0.337 e. The van der Waals surface area contributed by atoms with E-state index in [4.69, 9.17) is 17.3 Å². The first-order valence-electron chi connectivity index (χ1n) is 4.60. The number of nitrogens with zero attached hydrogens (tertiary/aromatic N) is 1. The van der Waals surface area contributed by atoms with Crippen LogP contribution in [0.15, 0.2) is 12.1 Å². The highest BCUT2D eigenvalue weighted by Crippen LogP contribution is 2.28. The molecule has 0 radical (unpaired) electrons. The molecule has 0 spiro atoms. The molecule has 1 unspecified atom stereocenters. The largest absolute Gasteiger partial charge is 0.397 e. The van der Waals surface area contributed by atoms with E-state index in [1.165, 1.54) is 6.07 Å². The van der Waals surface area contributed by atoms with Crippen molar-refractivity contribution in [2.75, 3.05) is 10.7 Å². The van der Waals surface area contributed by atoms with Crippen LogP contribution in [0, 0.1) is 5.82 Å². The van der Waals surface area contributed by atoms with E-state index in [0.29, 0.717) is 0 Å². The molecule has 86 valence electrons. The van der Waals surface area contributed by atoms with Gasteiger partial charge in [0.1, 0.15) is 11.5 Å². The maximum absolute atomic E-state index is 13.6. The Morgan fingerprint density at radius 1 is 1.56 bits per heavy atom. The van der Waals surface area contributed by atoms with Crippen molar-refractivity contribution < 1.29 is 9.18 Å². The molecule has 1 saturated heterocycles. The van der Waals surface area contributed by atoms with Crippen molar-refractivity contribution in [1.82, 2.24) is 10.7 Å². The van der Waals surface area contributed by atoms with Crippen LogP contribution >= 0.6 is 11.6 Å². The topological polar surface area (TPSA) is 70.4 Å². The molecule has 1 aliphatic rings. The fourth-order valence-corrected chi connectivity index (χ4v) is 1.59. The van der Waals surface area contributed by atoms with Crippen molar-refractivity contribution in [3.63, 3.8) is 0 Å². The van der Waals surface area contributed by atoms with Crippen molar-refractivity contribution >= 4 is 29.0 Å². The fraction of sp³-hybridized carbons (Fsp3) is 0.222. The number of benzene rings is 1. The van der Waals surface area contributed by atoms with E-state index in [2.05, 4.69) is 10.7 Å². The second-order valence-corrected chi connectivity index (χ2v) is 3.87. The lowest BCUT2D eigenvalue weighted by Gasteiger charge is -2.16. The molecule has 1 aromatic rings. The number of urea groups is 1. The van der Waals surface area contributed by atoms with E-state index in [0.717, 1.165) is 11.1 Å². The number of amides is 2. The van der Waals surface area contributed by atoms with Gasteiger partial charge in [-0.1, -0.05) is 11.6 Å². The van der Waals surface area contributed by atoms with Gasteiger partial charge in [0.2, 0.25) is 0 Å². The summed E-state index contributed by atoms with van der Waals surface area (Å²) >= 11 is 5.65. The summed E-state index contributed by atoms with van der Waals surface area (Å²) in [5, 5.41) is 3.74. The fourth-order valence-electron chi connectivity index (χ4n) is 1.44. The van der Waals surface area contributed by atoms with Gasteiger partial charge in [-0.25, -0.2) is 19.6 Å². The summed E-state index contributed by atoms with van der Waals surface area (Å²) in [6.07, 6.45) is -0.260. The number of nitrogens with two attached hydrogens (primary N) is 1. The summed E-state index contributed by atoms with van der Waals surface area (Å²) in [6.45, 7) is 1.73. The van der Waals surface area contributed by atoms with Gasteiger partial charge in [0.25, 0.3) is 0 Å². The Bertz CT molecular complexity index is 453. The Hall–Kier alpha value is -1.53. The van der Waals surface area contributed by atoms with Crippen LogP contribution in [0.4, 0.5) is 20.6 Å². The number of nitrogens with one attached hydrogen (secondary N) is 2. The Kier molecular flexibility index (Phi) is 2.61. The quantitative estimate of drug-likeness (QED) is 0.655. The molecule has 2 amide bonds. The molecule has 1 fully saturated rings. The van der Waals surface area contributed by atoms with Gasteiger partial charge in [-0.3, -0.25) is 0 Å². The first-order valence-corrected chi connectivity index (χ1v) is 4.98. The second kappa shape index (κ2) is 3.80. The van der Waals surface area contributed by atoms with E-state index in [1.54, 1.807) is 6.92 Å². The number of hydrazine groups is 1. The van der Waals surface area contributed by atoms with Gasteiger partial charge in [-0.05, 0) is 19.1 Å². The number of carbonyl (C=O) groups excluding carboxylic acids is 1. The minimum atomic E-state index is -0.615. The zero-order valence-electron chi connectivity index (χ0n) is 8.42. The monoisotopic (exact) mass is 244 g/mol. The Morgan fingerprint density at radius 3 is 2.81 bits per heavy atom. The molecular weight excluding hydrogens is 235 g/mol. The molecule has 1 aliphatic heterocycles. The smallest absolute Gasteiger partial charge is 0.337 e. The molecule has 4 N–H and O–H groups in total. The van der Waals surface area contributed by atoms with E-state index in [9.17, 15) is 9.18 Å². The van der Waals surface area contributed by atoms with Crippen LogP contribution in [0.2, 0.25) is 5.02 Å². The number of halogens is 2. The van der Waals surface area contributed by atoms with E-state index >= 15 is 0 Å². The summed E-state index contributed by atoms with van der Waals surface area (Å²) in [7, 11) is 0. The molecule has 0 aromatic heterocycles. The van der Waals surface area contributed by atoms with Crippen molar-refractivity contribution in [3.8, 4) is 0 Å². The number of anilines is 2. The Morgan fingerprint density at radius 2 is 2.25 bits per heavy atom. The predicted octanol–water partition coefficient (Wildman–Crippen LogP) is 1.44. The molecule has 1 heterocycles. The van der Waals surface area contributed by atoms with Crippen LogP contribution in [0.1, 0.15) is 6.92 Å². The highest BCUT2D eigenvalue weighted by molar-refractivity contribution is 6.33. The van der Waals surface area contributed by atoms with E-state index in [-0.39, 0.29) is 22.6 Å². The lowest BCUT2D eigenvalue weighted by molar-refractivity contribution is 0.251. The van der Waals surface area contributed by atoms with Gasteiger partial charge in [0, 0.05) is 0 Å². The van der Waals surface area contributed by atoms with Gasteiger partial charge in [0.15, 0.2) is 0 Å². The molecule has 0 bridgehead atoms. The average molecular weight is 245 g/mol. The van der Waals surface area contributed by atoms with E-state index in [1.807, 2.05) is 0 Å².